The number of aryl methyl sites for hydroxylation is 1. The number of halogens is 1. The number of methoxy groups -OCH3 is 1. The highest BCUT2D eigenvalue weighted by atomic mass is 79.9. The molecular weight excluding hydrogens is 292 g/mol. The van der Waals surface area contributed by atoms with Gasteiger partial charge in [-0.05, 0) is 52.7 Å². The van der Waals surface area contributed by atoms with Crippen molar-refractivity contribution in [3.63, 3.8) is 0 Å². The van der Waals surface area contributed by atoms with Gasteiger partial charge in [0.2, 0.25) is 0 Å². The van der Waals surface area contributed by atoms with Crippen LogP contribution >= 0.6 is 15.9 Å². The van der Waals surface area contributed by atoms with Gasteiger partial charge in [-0.1, -0.05) is 6.07 Å². The molecule has 0 bridgehead atoms. The first-order chi connectivity index (χ1) is 8.60. The lowest BCUT2D eigenvalue weighted by atomic mass is 10.2. The summed E-state index contributed by atoms with van der Waals surface area (Å²) in [6.45, 7) is 2.05. The second-order valence-electron chi connectivity index (χ2n) is 4.06. The Bertz CT molecular complexity index is 570. The Kier molecular flexibility index (Phi) is 3.77. The Morgan fingerprint density at radius 3 is 2.44 bits per heavy atom. The molecule has 0 atom stereocenters. The van der Waals surface area contributed by atoms with E-state index in [4.69, 9.17) is 10.5 Å². The molecular formula is C14H15BrN2O. The Morgan fingerprint density at radius 2 is 1.83 bits per heavy atom. The van der Waals surface area contributed by atoms with Crippen molar-refractivity contribution in [3.8, 4) is 5.75 Å². The second kappa shape index (κ2) is 5.31. The Hall–Kier alpha value is -1.68. The van der Waals surface area contributed by atoms with Crippen LogP contribution in [0, 0.1) is 6.92 Å². The van der Waals surface area contributed by atoms with Crippen LogP contribution in [0.25, 0.3) is 0 Å². The first-order valence-corrected chi connectivity index (χ1v) is 6.36. The molecule has 2 aromatic rings. The zero-order chi connectivity index (χ0) is 13.1. The molecule has 0 saturated carbocycles. The van der Waals surface area contributed by atoms with Crippen LogP contribution in [0.4, 0.5) is 17.1 Å². The van der Waals surface area contributed by atoms with E-state index in [1.807, 2.05) is 24.3 Å². The molecule has 0 aromatic heterocycles. The lowest BCUT2D eigenvalue weighted by Gasteiger charge is -2.12. The number of nitrogen functional groups attached to an aromatic ring is 1. The molecule has 0 aliphatic carbocycles. The highest BCUT2D eigenvalue weighted by Gasteiger charge is 2.04. The predicted molar refractivity (Wildman–Crippen MR) is 79.6 cm³/mol. The molecule has 3 nitrogen and oxygen atoms in total. The lowest BCUT2D eigenvalue weighted by molar-refractivity contribution is 0.415. The van der Waals surface area contributed by atoms with Gasteiger partial charge in [0, 0.05) is 10.5 Å². The van der Waals surface area contributed by atoms with Crippen molar-refractivity contribution in [1.29, 1.82) is 0 Å². The van der Waals surface area contributed by atoms with Crippen LogP contribution in [0.2, 0.25) is 0 Å². The summed E-state index contributed by atoms with van der Waals surface area (Å²) in [6, 6.07) is 11.7. The molecule has 0 amide bonds. The van der Waals surface area contributed by atoms with Gasteiger partial charge in [-0.15, -0.1) is 0 Å². The number of benzene rings is 2. The molecule has 0 spiro atoms. The minimum absolute atomic E-state index is 0.654. The van der Waals surface area contributed by atoms with E-state index in [0.717, 1.165) is 21.6 Å². The summed E-state index contributed by atoms with van der Waals surface area (Å²) in [6.07, 6.45) is 0. The van der Waals surface area contributed by atoms with Crippen LogP contribution in [0.1, 0.15) is 5.56 Å². The average Bonchev–Trinajstić information content (AvgIpc) is 2.34. The third-order valence-corrected chi connectivity index (χ3v) is 3.31. The summed E-state index contributed by atoms with van der Waals surface area (Å²) in [5.41, 5.74) is 9.67. The number of ether oxygens (including phenoxy) is 1. The molecule has 0 radical (unpaired) electrons. The molecule has 2 rings (SSSR count). The summed E-state index contributed by atoms with van der Waals surface area (Å²) >= 11 is 3.53. The fourth-order valence-corrected chi connectivity index (χ4v) is 2.24. The smallest absolute Gasteiger partial charge is 0.121 e. The number of nitrogens with one attached hydrogen (secondary N) is 1. The maximum atomic E-state index is 5.97. The zero-order valence-electron chi connectivity index (χ0n) is 10.3. The summed E-state index contributed by atoms with van der Waals surface area (Å²) in [5.74, 6) is 0.751. The molecule has 4 heteroatoms. The van der Waals surface area contributed by atoms with Crippen molar-refractivity contribution < 1.29 is 4.74 Å². The molecule has 0 heterocycles. The number of anilines is 3. The molecule has 0 aliphatic rings. The fourth-order valence-electron chi connectivity index (χ4n) is 1.65. The molecule has 0 unspecified atom stereocenters. The molecule has 3 N–H and O–H groups in total. The SMILES string of the molecule is COc1ccc(Nc2ccc(C)cc2Br)c(N)c1. The van der Waals surface area contributed by atoms with Crippen molar-refractivity contribution in [2.75, 3.05) is 18.2 Å². The molecule has 94 valence electrons. The van der Waals surface area contributed by atoms with Crippen molar-refractivity contribution in [3.05, 3.63) is 46.4 Å². The summed E-state index contributed by atoms with van der Waals surface area (Å²) in [7, 11) is 1.62. The van der Waals surface area contributed by atoms with E-state index in [0.29, 0.717) is 5.69 Å². The topological polar surface area (TPSA) is 47.3 Å². The van der Waals surface area contributed by atoms with Crippen LogP contribution in [0.5, 0.6) is 5.75 Å². The second-order valence-corrected chi connectivity index (χ2v) is 4.92. The number of hydrogen-bond acceptors (Lipinski definition) is 3. The van der Waals surface area contributed by atoms with E-state index in [1.165, 1.54) is 5.56 Å². The van der Waals surface area contributed by atoms with E-state index in [9.17, 15) is 0 Å². The predicted octanol–water partition coefficient (Wildman–Crippen LogP) is 4.09. The number of nitrogens with two attached hydrogens (primary N) is 1. The van der Waals surface area contributed by atoms with E-state index < -0.39 is 0 Å². The standard InChI is InChI=1S/C14H15BrN2O/c1-9-3-5-13(11(15)7-9)17-14-6-4-10(18-2)8-12(14)16/h3-8,17H,16H2,1-2H3. The lowest BCUT2D eigenvalue weighted by Crippen LogP contribution is -1.97. The van der Waals surface area contributed by atoms with Gasteiger partial charge in [-0.25, -0.2) is 0 Å². The van der Waals surface area contributed by atoms with E-state index in [2.05, 4.69) is 34.2 Å². The van der Waals surface area contributed by atoms with Crippen molar-refractivity contribution in [2.45, 2.75) is 6.92 Å². The van der Waals surface area contributed by atoms with Crippen LogP contribution < -0.4 is 15.8 Å². The normalized spacial score (nSPS) is 10.2. The summed E-state index contributed by atoms with van der Waals surface area (Å²) < 4.78 is 6.13. The average molecular weight is 307 g/mol. The van der Waals surface area contributed by atoms with Crippen LogP contribution in [-0.2, 0) is 0 Å². The van der Waals surface area contributed by atoms with Gasteiger partial charge in [0.15, 0.2) is 0 Å². The molecule has 0 fully saturated rings. The first kappa shape index (κ1) is 12.8. The van der Waals surface area contributed by atoms with E-state index in [1.54, 1.807) is 13.2 Å². The number of rotatable bonds is 3. The number of hydrogen-bond donors (Lipinski definition) is 2. The first-order valence-electron chi connectivity index (χ1n) is 5.57. The van der Waals surface area contributed by atoms with Crippen LogP contribution in [0.15, 0.2) is 40.9 Å². The third-order valence-electron chi connectivity index (χ3n) is 2.65. The highest BCUT2D eigenvalue weighted by molar-refractivity contribution is 9.10. The maximum Gasteiger partial charge on any atom is 0.121 e. The molecule has 18 heavy (non-hydrogen) atoms. The van der Waals surface area contributed by atoms with Crippen molar-refractivity contribution in [1.82, 2.24) is 0 Å². The quantitative estimate of drug-likeness (QED) is 0.840. The van der Waals surface area contributed by atoms with Gasteiger partial charge in [0.25, 0.3) is 0 Å². The van der Waals surface area contributed by atoms with E-state index >= 15 is 0 Å². The highest BCUT2D eigenvalue weighted by Crippen LogP contribution is 2.31. The Balaban J connectivity index is 2.28. The van der Waals surface area contributed by atoms with Crippen molar-refractivity contribution in [2.24, 2.45) is 0 Å². The van der Waals surface area contributed by atoms with Gasteiger partial charge in [0.1, 0.15) is 5.75 Å². The van der Waals surface area contributed by atoms with Crippen molar-refractivity contribution >= 4 is 33.0 Å². The fraction of sp³-hybridized carbons (Fsp3) is 0.143. The maximum absolute atomic E-state index is 5.97. The van der Waals surface area contributed by atoms with Gasteiger partial charge in [0.05, 0.1) is 24.2 Å². The summed E-state index contributed by atoms with van der Waals surface area (Å²) in [5, 5.41) is 3.29. The minimum Gasteiger partial charge on any atom is -0.497 e. The van der Waals surface area contributed by atoms with Gasteiger partial charge < -0.3 is 15.8 Å². The zero-order valence-corrected chi connectivity index (χ0v) is 11.9. The molecule has 0 saturated heterocycles. The van der Waals surface area contributed by atoms with Gasteiger partial charge >= 0.3 is 0 Å². The monoisotopic (exact) mass is 306 g/mol. The molecule has 0 aliphatic heterocycles. The third kappa shape index (κ3) is 2.76. The molecule has 2 aromatic carbocycles. The Labute approximate surface area is 115 Å². The van der Waals surface area contributed by atoms with E-state index in [-0.39, 0.29) is 0 Å². The Morgan fingerprint density at radius 1 is 1.11 bits per heavy atom. The van der Waals surface area contributed by atoms with Crippen LogP contribution in [-0.4, -0.2) is 7.11 Å². The van der Waals surface area contributed by atoms with Gasteiger partial charge in [-0.3, -0.25) is 0 Å². The van der Waals surface area contributed by atoms with Gasteiger partial charge in [-0.2, -0.15) is 0 Å². The summed E-state index contributed by atoms with van der Waals surface area (Å²) in [4.78, 5) is 0. The van der Waals surface area contributed by atoms with Crippen LogP contribution in [0.3, 0.4) is 0 Å². The minimum atomic E-state index is 0.654. The largest absolute Gasteiger partial charge is 0.497 e.